The number of piperazine rings is 1. The molecule has 3 nitrogen and oxygen atoms in total. The van der Waals surface area contributed by atoms with E-state index in [-0.39, 0.29) is 5.54 Å². The van der Waals surface area contributed by atoms with Crippen LogP contribution >= 0.6 is 0 Å². The molecule has 0 atom stereocenters. The lowest BCUT2D eigenvalue weighted by Gasteiger charge is -2.39. The minimum absolute atomic E-state index is 0.213. The zero-order valence-corrected chi connectivity index (χ0v) is 11.7. The Morgan fingerprint density at radius 3 is 3.05 bits per heavy atom. The van der Waals surface area contributed by atoms with Crippen LogP contribution in [0.15, 0.2) is 36.7 Å². The van der Waals surface area contributed by atoms with Crippen molar-refractivity contribution in [3.8, 4) is 0 Å². The molecule has 100 valence electrons. The van der Waals surface area contributed by atoms with Crippen molar-refractivity contribution >= 4 is 10.8 Å². The summed E-state index contributed by atoms with van der Waals surface area (Å²) in [6, 6.07) is 8.62. The van der Waals surface area contributed by atoms with Crippen LogP contribution in [0.1, 0.15) is 19.4 Å². The number of fused-ring (bicyclic) bond motifs is 1. The zero-order chi connectivity index (χ0) is 13.3. The van der Waals surface area contributed by atoms with E-state index in [1.807, 2.05) is 12.4 Å². The number of nitrogens with zero attached hydrogens (tertiary/aromatic N) is 2. The highest BCUT2D eigenvalue weighted by molar-refractivity contribution is 5.84. The van der Waals surface area contributed by atoms with E-state index in [1.165, 1.54) is 16.3 Å². The molecule has 1 aromatic heterocycles. The number of hydrogen-bond donors (Lipinski definition) is 1. The molecular formula is C16H21N3. The second-order valence-corrected chi connectivity index (χ2v) is 6.04. The maximum atomic E-state index is 4.20. The van der Waals surface area contributed by atoms with Crippen molar-refractivity contribution in [1.29, 1.82) is 0 Å². The smallest absolute Gasteiger partial charge is 0.0346 e. The molecule has 0 spiro atoms. The fourth-order valence-corrected chi connectivity index (χ4v) is 2.95. The molecule has 0 amide bonds. The summed E-state index contributed by atoms with van der Waals surface area (Å²) >= 11 is 0. The lowest BCUT2D eigenvalue weighted by atomic mass is 10.0. The summed E-state index contributed by atoms with van der Waals surface area (Å²) in [5, 5.41) is 6.12. The summed E-state index contributed by atoms with van der Waals surface area (Å²) in [5.41, 5.74) is 1.61. The first-order valence-corrected chi connectivity index (χ1v) is 6.93. The van der Waals surface area contributed by atoms with Crippen molar-refractivity contribution in [2.45, 2.75) is 25.9 Å². The number of aromatic nitrogens is 1. The Labute approximate surface area is 114 Å². The Kier molecular flexibility index (Phi) is 3.25. The number of nitrogens with one attached hydrogen (secondary N) is 1. The van der Waals surface area contributed by atoms with Gasteiger partial charge in [-0.15, -0.1) is 0 Å². The van der Waals surface area contributed by atoms with E-state index in [0.717, 1.165) is 26.2 Å². The standard InChI is InChI=1S/C16H21N3/c1-16(2)12-19(9-8-18-16)11-14-5-3-4-13-10-17-7-6-15(13)14/h3-7,10,18H,8-9,11-12H2,1-2H3. The third-order valence-corrected chi connectivity index (χ3v) is 3.82. The maximum absolute atomic E-state index is 4.20. The van der Waals surface area contributed by atoms with E-state index in [2.05, 4.69) is 53.3 Å². The Morgan fingerprint density at radius 2 is 2.21 bits per heavy atom. The second kappa shape index (κ2) is 4.91. The van der Waals surface area contributed by atoms with Crippen molar-refractivity contribution in [2.24, 2.45) is 0 Å². The Bertz CT molecular complexity index is 572. The summed E-state index contributed by atoms with van der Waals surface area (Å²) < 4.78 is 0. The molecule has 2 heterocycles. The summed E-state index contributed by atoms with van der Waals surface area (Å²) in [4.78, 5) is 6.73. The molecule has 19 heavy (non-hydrogen) atoms. The molecular weight excluding hydrogens is 234 g/mol. The first-order valence-electron chi connectivity index (χ1n) is 6.93. The van der Waals surface area contributed by atoms with Crippen LogP contribution in [-0.2, 0) is 6.54 Å². The van der Waals surface area contributed by atoms with Gasteiger partial charge in [-0.1, -0.05) is 18.2 Å². The van der Waals surface area contributed by atoms with Gasteiger partial charge >= 0.3 is 0 Å². The highest BCUT2D eigenvalue weighted by atomic mass is 15.2. The summed E-state index contributed by atoms with van der Waals surface area (Å²) in [6.07, 6.45) is 3.83. The summed E-state index contributed by atoms with van der Waals surface area (Å²) in [7, 11) is 0. The number of benzene rings is 1. The van der Waals surface area contributed by atoms with Crippen LogP contribution < -0.4 is 5.32 Å². The van der Waals surface area contributed by atoms with Gasteiger partial charge in [0.2, 0.25) is 0 Å². The van der Waals surface area contributed by atoms with Crippen molar-refractivity contribution in [3.05, 3.63) is 42.2 Å². The van der Waals surface area contributed by atoms with Gasteiger partial charge in [0.15, 0.2) is 0 Å². The van der Waals surface area contributed by atoms with Gasteiger partial charge in [-0.05, 0) is 30.9 Å². The SMILES string of the molecule is CC1(C)CN(Cc2cccc3cnccc23)CCN1. The molecule has 1 aliphatic rings. The molecule has 3 rings (SSSR count). The molecule has 1 aliphatic heterocycles. The normalized spacial score (nSPS) is 19.7. The fraction of sp³-hybridized carbons (Fsp3) is 0.438. The van der Waals surface area contributed by atoms with Gasteiger partial charge in [-0.2, -0.15) is 0 Å². The monoisotopic (exact) mass is 255 g/mol. The average Bonchev–Trinajstić information content (AvgIpc) is 2.38. The predicted octanol–water partition coefficient (Wildman–Crippen LogP) is 2.42. The molecule has 0 unspecified atom stereocenters. The van der Waals surface area contributed by atoms with Crippen molar-refractivity contribution < 1.29 is 0 Å². The van der Waals surface area contributed by atoms with Gasteiger partial charge in [0.25, 0.3) is 0 Å². The molecule has 0 bridgehead atoms. The van der Waals surface area contributed by atoms with Crippen LogP contribution in [0.3, 0.4) is 0 Å². The molecule has 1 saturated heterocycles. The first-order chi connectivity index (χ1) is 9.14. The van der Waals surface area contributed by atoms with E-state index < -0.39 is 0 Å². The molecule has 0 radical (unpaired) electrons. The highest BCUT2D eigenvalue weighted by Gasteiger charge is 2.25. The largest absolute Gasteiger partial charge is 0.309 e. The number of hydrogen-bond acceptors (Lipinski definition) is 3. The molecule has 2 aromatic rings. The maximum Gasteiger partial charge on any atom is 0.0346 e. The number of rotatable bonds is 2. The lowest BCUT2D eigenvalue weighted by molar-refractivity contribution is 0.149. The molecule has 1 fully saturated rings. The van der Waals surface area contributed by atoms with Gasteiger partial charge in [0.1, 0.15) is 0 Å². The van der Waals surface area contributed by atoms with Crippen LogP contribution in [0.2, 0.25) is 0 Å². The number of pyridine rings is 1. The van der Waals surface area contributed by atoms with E-state index in [4.69, 9.17) is 0 Å². The lowest BCUT2D eigenvalue weighted by Crippen LogP contribution is -2.56. The van der Waals surface area contributed by atoms with Gasteiger partial charge in [-0.3, -0.25) is 9.88 Å². The zero-order valence-electron chi connectivity index (χ0n) is 11.7. The van der Waals surface area contributed by atoms with E-state index in [1.54, 1.807) is 0 Å². The third-order valence-electron chi connectivity index (χ3n) is 3.82. The molecule has 0 saturated carbocycles. The van der Waals surface area contributed by atoms with Crippen LogP contribution in [-0.4, -0.2) is 35.1 Å². The Balaban J connectivity index is 1.85. The third kappa shape index (κ3) is 2.77. The minimum Gasteiger partial charge on any atom is -0.309 e. The molecule has 0 aliphatic carbocycles. The second-order valence-electron chi connectivity index (χ2n) is 6.04. The Hall–Kier alpha value is -1.45. The van der Waals surface area contributed by atoms with Crippen molar-refractivity contribution in [2.75, 3.05) is 19.6 Å². The van der Waals surface area contributed by atoms with E-state index >= 15 is 0 Å². The molecule has 1 N–H and O–H groups in total. The van der Waals surface area contributed by atoms with Crippen LogP contribution in [0.25, 0.3) is 10.8 Å². The van der Waals surface area contributed by atoms with Gasteiger partial charge in [0, 0.05) is 49.5 Å². The van der Waals surface area contributed by atoms with Crippen LogP contribution in [0.4, 0.5) is 0 Å². The topological polar surface area (TPSA) is 28.2 Å². The Morgan fingerprint density at radius 1 is 1.32 bits per heavy atom. The summed E-state index contributed by atoms with van der Waals surface area (Å²) in [6.45, 7) is 8.84. The van der Waals surface area contributed by atoms with Gasteiger partial charge < -0.3 is 5.32 Å². The molecule has 1 aromatic carbocycles. The predicted molar refractivity (Wildman–Crippen MR) is 79.1 cm³/mol. The highest BCUT2D eigenvalue weighted by Crippen LogP contribution is 2.20. The minimum atomic E-state index is 0.213. The first kappa shape index (κ1) is 12.6. The van der Waals surface area contributed by atoms with Gasteiger partial charge in [-0.25, -0.2) is 0 Å². The van der Waals surface area contributed by atoms with E-state index in [9.17, 15) is 0 Å². The van der Waals surface area contributed by atoms with E-state index in [0.29, 0.717) is 0 Å². The van der Waals surface area contributed by atoms with Crippen molar-refractivity contribution in [3.63, 3.8) is 0 Å². The quantitative estimate of drug-likeness (QED) is 0.893. The van der Waals surface area contributed by atoms with Gasteiger partial charge in [0.05, 0.1) is 0 Å². The summed E-state index contributed by atoms with van der Waals surface area (Å²) in [5.74, 6) is 0. The molecule has 3 heteroatoms. The van der Waals surface area contributed by atoms with Crippen molar-refractivity contribution in [1.82, 2.24) is 15.2 Å². The average molecular weight is 255 g/mol. The van der Waals surface area contributed by atoms with Crippen LogP contribution in [0, 0.1) is 0 Å². The van der Waals surface area contributed by atoms with Crippen LogP contribution in [0.5, 0.6) is 0 Å². The fourth-order valence-electron chi connectivity index (χ4n) is 2.95.